The van der Waals surface area contributed by atoms with Crippen molar-refractivity contribution in [2.75, 3.05) is 0 Å². The summed E-state index contributed by atoms with van der Waals surface area (Å²) >= 11 is 0. The van der Waals surface area contributed by atoms with E-state index in [2.05, 4.69) is 5.32 Å². The molecule has 0 saturated carbocycles. The molecule has 0 fully saturated rings. The van der Waals surface area contributed by atoms with Gasteiger partial charge in [-0.1, -0.05) is 30.3 Å². The van der Waals surface area contributed by atoms with Gasteiger partial charge in [0.25, 0.3) is 5.91 Å². The molecule has 0 aliphatic carbocycles. The maximum Gasteiger partial charge on any atom is 0.253 e. The van der Waals surface area contributed by atoms with Crippen LogP contribution in [0.4, 0.5) is 4.39 Å². The number of aliphatic hydroxyl groups is 1. The largest absolute Gasteiger partial charge is 0.459 e. The number of furan rings is 1. The number of benzene rings is 2. The third-order valence-electron chi connectivity index (χ3n) is 3.80. The van der Waals surface area contributed by atoms with Crippen LogP contribution in [0, 0.1) is 12.7 Å². The molecule has 2 N–H and O–H groups in total. The zero-order valence-electron chi connectivity index (χ0n) is 12.5. The number of nitrogens with one attached hydrogen (secondary N) is 1. The molecule has 2 aromatic carbocycles. The van der Waals surface area contributed by atoms with Crippen LogP contribution in [0.1, 0.15) is 23.0 Å². The number of hydrogen-bond acceptors (Lipinski definition) is 3. The minimum Gasteiger partial charge on any atom is -0.459 e. The van der Waals surface area contributed by atoms with E-state index in [0.717, 1.165) is 16.5 Å². The van der Waals surface area contributed by atoms with Gasteiger partial charge in [-0.25, -0.2) is 4.39 Å². The summed E-state index contributed by atoms with van der Waals surface area (Å²) in [6.07, 6.45) is -1.35. The maximum atomic E-state index is 12.9. The van der Waals surface area contributed by atoms with Crippen LogP contribution in [0.3, 0.4) is 0 Å². The summed E-state index contributed by atoms with van der Waals surface area (Å²) < 4.78 is 18.6. The molecule has 0 aliphatic heterocycles. The van der Waals surface area contributed by atoms with Gasteiger partial charge in [0.1, 0.15) is 17.2 Å². The van der Waals surface area contributed by atoms with Crippen molar-refractivity contribution in [1.82, 2.24) is 5.32 Å². The van der Waals surface area contributed by atoms with Crippen LogP contribution in [0.25, 0.3) is 11.0 Å². The highest BCUT2D eigenvalue weighted by Crippen LogP contribution is 2.24. The zero-order chi connectivity index (χ0) is 16.4. The first-order chi connectivity index (χ1) is 11.1. The first-order valence-electron chi connectivity index (χ1n) is 7.24. The smallest absolute Gasteiger partial charge is 0.253 e. The van der Waals surface area contributed by atoms with E-state index in [1.54, 1.807) is 0 Å². The van der Waals surface area contributed by atoms with Gasteiger partial charge in [0.15, 0.2) is 6.10 Å². The fraction of sp³-hybridized carbons (Fsp3) is 0.167. The summed E-state index contributed by atoms with van der Waals surface area (Å²) in [5.74, 6) is -0.332. The van der Waals surface area contributed by atoms with Gasteiger partial charge < -0.3 is 14.8 Å². The molecule has 1 aromatic heterocycles. The highest BCUT2D eigenvalue weighted by molar-refractivity contribution is 5.83. The predicted molar refractivity (Wildman–Crippen MR) is 84.2 cm³/mol. The van der Waals surface area contributed by atoms with Crippen LogP contribution in [0.2, 0.25) is 0 Å². The summed E-state index contributed by atoms with van der Waals surface area (Å²) in [6, 6.07) is 12.8. The lowest BCUT2D eigenvalue weighted by Crippen LogP contribution is -2.28. The number of fused-ring (bicyclic) bond motifs is 1. The number of aryl methyl sites for hydroxylation is 1. The normalized spacial score (nSPS) is 12.3. The highest BCUT2D eigenvalue weighted by atomic mass is 19.1. The van der Waals surface area contributed by atoms with Crippen LogP contribution in [-0.2, 0) is 11.3 Å². The lowest BCUT2D eigenvalue weighted by molar-refractivity contribution is -0.129. The summed E-state index contributed by atoms with van der Waals surface area (Å²) in [5, 5.41) is 13.6. The molecule has 4 nitrogen and oxygen atoms in total. The average Bonchev–Trinajstić information content (AvgIpc) is 2.89. The SMILES string of the molecule is Cc1c(CNC(=O)C(O)c2ccc(F)cc2)oc2ccccc12. The molecule has 1 atom stereocenters. The van der Waals surface area contributed by atoms with E-state index < -0.39 is 17.8 Å². The van der Waals surface area contributed by atoms with Crippen LogP contribution >= 0.6 is 0 Å². The quantitative estimate of drug-likeness (QED) is 0.777. The van der Waals surface area contributed by atoms with Gasteiger partial charge in [-0.2, -0.15) is 0 Å². The molecule has 118 valence electrons. The van der Waals surface area contributed by atoms with E-state index in [-0.39, 0.29) is 6.54 Å². The van der Waals surface area contributed by atoms with Gasteiger partial charge in [-0.3, -0.25) is 4.79 Å². The number of rotatable bonds is 4. The standard InChI is InChI=1S/C18H16FNO3/c1-11-14-4-2-3-5-15(14)23-16(11)10-20-18(22)17(21)12-6-8-13(19)9-7-12/h2-9,17,21H,10H2,1H3,(H,20,22). The Balaban J connectivity index is 1.70. The third-order valence-corrected chi connectivity index (χ3v) is 3.80. The van der Waals surface area contributed by atoms with Gasteiger partial charge in [-0.05, 0) is 30.7 Å². The minimum atomic E-state index is -1.35. The number of amides is 1. The van der Waals surface area contributed by atoms with Crippen LogP contribution in [0.15, 0.2) is 52.9 Å². The topological polar surface area (TPSA) is 62.5 Å². The van der Waals surface area contributed by atoms with Gasteiger partial charge in [0.05, 0.1) is 6.54 Å². The van der Waals surface area contributed by atoms with Gasteiger partial charge in [0.2, 0.25) is 0 Å². The van der Waals surface area contributed by atoms with Crippen molar-refractivity contribution < 1.29 is 18.7 Å². The lowest BCUT2D eigenvalue weighted by Gasteiger charge is -2.11. The van der Waals surface area contributed by atoms with Gasteiger partial charge in [-0.15, -0.1) is 0 Å². The monoisotopic (exact) mass is 313 g/mol. The van der Waals surface area contributed by atoms with E-state index in [0.29, 0.717) is 11.3 Å². The molecule has 0 radical (unpaired) electrons. The van der Waals surface area contributed by atoms with Crippen molar-refractivity contribution in [3.63, 3.8) is 0 Å². The van der Waals surface area contributed by atoms with E-state index in [1.165, 1.54) is 24.3 Å². The molecule has 1 amide bonds. The maximum absolute atomic E-state index is 12.9. The molecular weight excluding hydrogens is 297 g/mol. The second kappa shape index (κ2) is 6.22. The van der Waals surface area contributed by atoms with Crippen LogP contribution in [-0.4, -0.2) is 11.0 Å². The molecule has 3 rings (SSSR count). The molecule has 0 spiro atoms. The van der Waals surface area contributed by atoms with Crippen molar-refractivity contribution >= 4 is 16.9 Å². The summed E-state index contributed by atoms with van der Waals surface area (Å²) in [7, 11) is 0. The van der Waals surface area contributed by atoms with E-state index >= 15 is 0 Å². The van der Waals surface area contributed by atoms with Crippen LogP contribution < -0.4 is 5.32 Å². The Labute approximate surface area is 132 Å². The Morgan fingerprint density at radius 3 is 2.61 bits per heavy atom. The molecule has 1 unspecified atom stereocenters. The number of aliphatic hydroxyl groups excluding tert-OH is 1. The Morgan fingerprint density at radius 1 is 1.22 bits per heavy atom. The fourth-order valence-electron chi connectivity index (χ4n) is 2.45. The highest BCUT2D eigenvalue weighted by Gasteiger charge is 2.18. The van der Waals surface area contributed by atoms with Crippen LogP contribution in [0.5, 0.6) is 0 Å². The van der Waals surface area contributed by atoms with Gasteiger partial charge >= 0.3 is 0 Å². The summed E-state index contributed by atoms with van der Waals surface area (Å²) in [6.45, 7) is 2.10. The van der Waals surface area contributed by atoms with Gasteiger partial charge in [0, 0.05) is 10.9 Å². The molecule has 1 heterocycles. The molecule has 5 heteroatoms. The van der Waals surface area contributed by atoms with Crippen molar-refractivity contribution in [2.24, 2.45) is 0 Å². The predicted octanol–water partition coefficient (Wildman–Crippen LogP) is 3.23. The number of carbonyl (C=O) groups excluding carboxylic acids is 1. The Bertz CT molecular complexity index is 839. The lowest BCUT2D eigenvalue weighted by atomic mass is 10.1. The first kappa shape index (κ1) is 15.2. The Kier molecular flexibility index (Phi) is 4.12. The van der Waals surface area contributed by atoms with Crippen molar-refractivity contribution in [3.05, 3.63) is 71.2 Å². The summed E-state index contributed by atoms with van der Waals surface area (Å²) in [4.78, 5) is 12.0. The zero-order valence-corrected chi connectivity index (χ0v) is 12.5. The number of halogens is 1. The molecule has 23 heavy (non-hydrogen) atoms. The number of carbonyl (C=O) groups is 1. The number of hydrogen-bond donors (Lipinski definition) is 2. The molecule has 0 bridgehead atoms. The molecule has 0 aliphatic rings. The van der Waals surface area contributed by atoms with E-state index in [9.17, 15) is 14.3 Å². The minimum absolute atomic E-state index is 0.178. The molecule has 3 aromatic rings. The average molecular weight is 313 g/mol. The summed E-state index contributed by atoms with van der Waals surface area (Å²) in [5.41, 5.74) is 2.05. The molecule has 0 saturated heterocycles. The van der Waals surface area contributed by atoms with Crippen molar-refractivity contribution in [3.8, 4) is 0 Å². The second-order valence-electron chi connectivity index (χ2n) is 5.32. The number of para-hydroxylation sites is 1. The second-order valence-corrected chi connectivity index (χ2v) is 5.32. The van der Waals surface area contributed by atoms with Crippen molar-refractivity contribution in [2.45, 2.75) is 19.6 Å². The van der Waals surface area contributed by atoms with E-state index in [1.807, 2.05) is 31.2 Å². The Hall–Kier alpha value is -2.66. The first-order valence-corrected chi connectivity index (χ1v) is 7.24. The van der Waals surface area contributed by atoms with Crippen molar-refractivity contribution in [1.29, 1.82) is 0 Å². The molecular formula is C18H16FNO3. The van der Waals surface area contributed by atoms with E-state index in [4.69, 9.17) is 4.42 Å². The third kappa shape index (κ3) is 3.10. The Morgan fingerprint density at radius 2 is 1.91 bits per heavy atom. The fourth-order valence-corrected chi connectivity index (χ4v) is 2.45.